The molecule has 0 aliphatic heterocycles. The molecule has 0 spiro atoms. The maximum absolute atomic E-state index is 12.2. The minimum Gasteiger partial charge on any atom is -0.346 e. The molecule has 0 heterocycles. The summed E-state index contributed by atoms with van der Waals surface area (Å²) in [6.45, 7) is 4.19. The topological polar surface area (TPSA) is 29.1 Å². The molecule has 2 heteroatoms. The maximum atomic E-state index is 12.2. The van der Waals surface area contributed by atoms with Gasteiger partial charge in [0.05, 0.1) is 6.04 Å². The Hall–Kier alpha value is -2.09. The second-order valence-electron chi connectivity index (χ2n) is 5.41. The van der Waals surface area contributed by atoms with E-state index in [9.17, 15) is 4.79 Å². The summed E-state index contributed by atoms with van der Waals surface area (Å²) in [7, 11) is 0. The van der Waals surface area contributed by atoms with Crippen molar-refractivity contribution in [2.45, 2.75) is 39.2 Å². The van der Waals surface area contributed by atoms with Gasteiger partial charge in [-0.15, -0.1) is 0 Å². The van der Waals surface area contributed by atoms with Crippen molar-refractivity contribution in [1.82, 2.24) is 5.32 Å². The van der Waals surface area contributed by atoms with Gasteiger partial charge in [-0.3, -0.25) is 4.79 Å². The smallest absolute Gasteiger partial charge is 0.251 e. The van der Waals surface area contributed by atoms with E-state index < -0.39 is 0 Å². The Bertz CT molecular complexity index is 560. The van der Waals surface area contributed by atoms with Crippen LogP contribution in [0.25, 0.3) is 0 Å². The molecule has 0 aliphatic rings. The minimum absolute atomic E-state index is 0.0125. The summed E-state index contributed by atoms with van der Waals surface area (Å²) in [4.78, 5) is 12.2. The number of hydrogen-bond donors (Lipinski definition) is 1. The van der Waals surface area contributed by atoms with Gasteiger partial charge in [0.25, 0.3) is 5.91 Å². The molecule has 0 aliphatic carbocycles. The first-order chi connectivity index (χ1) is 10.2. The number of rotatable bonds is 6. The second kappa shape index (κ2) is 7.63. The summed E-state index contributed by atoms with van der Waals surface area (Å²) in [6, 6.07) is 18.0. The number of hydrogen-bond acceptors (Lipinski definition) is 1. The number of unbranched alkanes of at least 4 members (excludes halogenated alkanes) is 1. The molecular weight excluding hydrogens is 258 g/mol. The highest BCUT2D eigenvalue weighted by Crippen LogP contribution is 2.13. The van der Waals surface area contributed by atoms with E-state index in [1.807, 2.05) is 49.4 Å². The zero-order valence-electron chi connectivity index (χ0n) is 12.8. The second-order valence-corrected chi connectivity index (χ2v) is 5.41. The van der Waals surface area contributed by atoms with Gasteiger partial charge in [0.2, 0.25) is 0 Å². The van der Waals surface area contributed by atoms with E-state index in [0.29, 0.717) is 0 Å². The first-order valence-electron chi connectivity index (χ1n) is 7.65. The van der Waals surface area contributed by atoms with Crippen LogP contribution in [0.4, 0.5) is 0 Å². The summed E-state index contributed by atoms with van der Waals surface area (Å²) in [5.41, 5.74) is 3.13. The van der Waals surface area contributed by atoms with Crippen molar-refractivity contribution in [1.29, 1.82) is 0 Å². The third kappa shape index (κ3) is 4.45. The van der Waals surface area contributed by atoms with Crippen LogP contribution >= 0.6 is 0 Å². The van der Waals surface area contributed by atoms with Crippen LogP contribution in [0.1, 0.15) is 54.2 Å². The average molecular weight is 281 g/mol. The molecule has 21 heavy (non-hydrogen) atoms. The first kappa shape index (κ1) is 15.3. The first-order valence-corrected chi connectivity index (χ1v) is 7.65. The minimum atomic E-state index is -0.0200. The third-order valence-electron chi connectivity index (χ3n) is 3.68. The lowest BCUT2D eigenvalue weighted by molar-refractivity contribution is 0.0940. The summed E-state index contributed by atoms with van der Waals surface area (Å²) in [6.07, 6.45) is 3.46. The van der Waals surface area contributed by atoms with E-state index in [-0.39, 0.29) is 11.9 Å². The van der Waals surface area contributed by atoms with Crippen LogP contribution in [0.3, 0.4) is 0 Å². The lowest BCUT2D eigenvalue weighted by Gasteiger charge is -2.14. The van der Waals surface area contributed by atoms with Crippen LogP contribution in [0.2, 0.25) is 0 Å². The fraction of sp³-hybridized carbons (Fsp3) is 0.316. The highest BCUT2D eigenvalue weighted by atomic mass is 16.1. The van der Waals surface area contributed by atoms with Crippen molar-refractivity contribution >= 4 is 5.91 Å². The van der Waals surface area contributed by atoms with Gasteiger partial charge in [-0.1, -0.05) is 55.8 Å². The maximum Gasteiger partial charge on any atom is 0.251 e. The van der Waals surface area contributed by atoms with Crippen molar-refractivity contribution in [3.05, 3.63) is 71.3 Å². The third-order valence-corrected chi connectivity index (χ3v) is 3.68. The van der Waals surface area contributed by atoms with Gasteiger partial charge in [-0.05, 0) is 43.0 Å². The Morgan fingerprint density at radius 3 is 2.33 bits per heavy atom. The Morgan fingerprint density at radius 1 is 1.05 bits per heavy atom. The van der Waals surface area contributed by atoms with Crippen molar-refractivity contribution in [2.75, 3.05) is 0 Å². The highest BCUT2D eigenvalue weighted by Gasteiger charge is 2.10. The van der Waals surface area contributed by atoms with Crippen molar-refractivity contribution in [3.8, 4) is 0 Å². The summed E-state index contributed by atoms with van der Waals surface area (Å²) >= 11 is 0. The average Bonchev–Trinajstić information content (AvgIpc) is 2.54. The quantitative estimate of drug-likeness (QED) is 0.828. The zero-order chi connectivity index (χ0) is 15.1. The molecule has 1 atom stereocenters. The van der Waals surface area contributed by atoms with Gasteiger partial charge < -0.3 is 5.32 Å². The summed E-state index contributed by atoms with van der Waals surface area (Å²) in [5.74, 6) is -0.0200. The fourth-order valence-corrected chi connectivity index (χ4v) is 2.31. The number of benzene rings is 2. The number of carbonyl (C=O) groups excluding carboxylic acids is 1. The molecule has 0 bridgehead atoms. The molecule has 1 N–H and O–H groups in total. The van der Waals surface area contributed by atoms with E-state index in [1.54, 1.807) is 0 Å². The number of aryl methyl sites for hydroxylation is 1. The normalized spacial score (nSPS) is 11.9. The monoisotopic (exact) mass is 281 g/mol. The number of amides is 1. The van der Waals surface area contributed by atoms with Crippen LogP contribution in [-0.4, -0.2) is 5.91 Å². The van der Waals surface area contributed by atoms with Crippen LogP contribution in [0.5, 0.6) is 0 Å². The Kier molecular flexibility index (Phi) is 5.56. The number of carbonyl (C=O) groups is 1. The largest absolute Gasteiger partial charge is 0.346 e. The SMILES string of the molecule is CCCCc1ccc(C(=O)N[C@H](C)c2ccccc2)cc1. The van der Waals surface area contributed by atoms with Crippen molar-refractivity contribution in [3.63, 3.8) is 0 Å². The number of nitrogens with one attached hydrogen (secondary N) is 1. The van der Waals surface area contributed by atoms with E-state index in [0.717, 1.165) is 17.5 Å². The molecule has 0 fully saturated rings. The molecule has 2 rings (SSSR count). The van der Waals surface area contributed by atoms with Crippen molar-refractivity contribution < 1.29 is 4.79 Å². The van der Waals surface area contributed by atoms with Gasteiger partial charge in [-0.2, -0.15) is 0 Å². The van der Waals surface area contributed by atoms with Gasteiger partial charge in [0.1, 0.15) is 0 Å². The van der Waals surface area contributed by atoms with Gasteiger partial charge >= 0.3 is 0 Å². The van der Waals surface area contributed by atoms with Gasteiger partial charge in [0.15, 0.2) is 0 Å². The molecule has 0 saturated carbocycles. The molecule has 2 nitrogen and oxygen atoms in total. The van der Waals surface area contributed by atoms with Crippen molar-refractivity contribution in [2.24, 2.45) is 0 Å². The van der Waals surface area contributed by atoms with Gasteiger partial charge in [-0.25, -0.2) is 0 Å². The molecule has 0 unspecified atom stereocenters. The Labute approximate surface area is 127 Å². The molecule has 0 aromatic heterocycles. The molecule has 2 aromatic carbocycles. The van der Waals surface area contributed by atoms with Crippen LogP contribution < -0.4 is 5.32 Å². The Balaban J connectivity index is 1.97. The fourth-order valence-electron chi connectivity index (χ4n) is 2.31. The van der Waals surface area contributed by atoms with E-state index in [2.05, 4.69) is 24.4 Å². The predicted molar refractivity (Wildman–Crippen MR) is 87.4 cm³/mol. The molecule has 0 radical (unpaired) electrons. The summed E-state index contributed by atoms with van der Waals surface area (Å²) in [5, 5.41) is 3.04. The van der Waals surface area contributed by atoms with Gasteiger partial charge in [0, 0.05) is 5.56 Å². The van der Waals surface area contributed by atoms with E-state index in [1.165, 1.54) is 18.4 Å². The zero-order valence-corrected chi connectivity index (χ0v) is 12.8. The van der Waals surface area contributed by atoms with E-state index >= 15 is 0 Å². The lowest BCUT2D eigenvalue weighted by Crippen LogP contribution is -2.26. The Morgan fingerprint density at radius 2 is 1.71 bits per heavy atom. The molecular formula is C19H23NO. The standard InChI is InChI=1S/C19H23NO/c1-3-4-8-16-11-13-18(14-12-16)19(21)20-15(2)17-9-6-5-7-10-17/h5-7,9-15H,3-4,8H2,1-2H3,(H,20,21)/t15-/m1/s1. The predicted octanol–water partition coefficient (Wildman–Crippen LogP) is 4.52. The molecule has 1 amide bonds. The van der Waals surface area contributed by atoms with E-state index in [4.69, 9.17) is 0 Å². The highest BCUT2D eigenvalue weighted by molar-refractivity contribution is 5.94. The van der Waals surface area contributed by atoms with Crippen LogP contribution in [-0.2, 0) is 6.42 Å². The molecule has 110 valence electrons. The van der Waals surface area contributed by atoms with Crippen LogP contribution in [0.15, 0.2) is 54.6 Å². The summed E-state index contributed by atoms with van der Waals surface area (Å²) < 4.78 is 0. The lowest BCUT2D eigenvalue weighted by atomic mass is 10.1. The molecule has 2 aromatic rings. The molecule has 0 saturated heterocycles. The van der Waals surface area contributed by atoms with Crippen LogP contribution in [0, 0.1) is 0 Å².